The molecule has 3 heterocycles. The molecular formula is C18H26N4O2S. The molecule has 1 saturated carbocycles. The van der Waals surface area contributed by atoms with Crippen molar-refractivity contribution >= 4 is 11.3 Å². The van der Waals surface area contributed by atoms with Crippen LogP contribution in [-0.2, 0) is 24.2 Å². The van der Waals surface area contributed by atoms with Gasteiger partial charge in [-0.25, -0.2) is 0 Å². The summed E-state index contributed by atoms with van der Waals surface area (Å²) in [5.74, 6) is 1.46. The molecule has 1 spiro atoms. The van der Waals surface area contributed by atoms with E-state index < -0.39 is 0 Å². The van der Waals surface area contributed by atoms with Crippen LogP contribution in [0.3, 0.4) is 0 Å². The standard InChI is InChI=1S/C18H26N4O2S/c1-23-8-2-16-20-17(24-21-16)12-22(11-14-3-9-25-13-14)15-10-18(15)4-6-19-7-5-18/h3,9,13,15,19H,2,4-8,10-12H2,1H3. The summed E-state index contributed by atoms with van der Waals surface area (Å²) < 4.78 is 10.6. The van der Waals surface area contributed by atoms with E-state index in [1.807, 2.05) is 0 Å². The van der Waals surface area contributed by atoms with E-state index in [9.17, 15) is 0 Å². The zero-order valence-electron chi connectivity index (χ0n) is 14.7. The van der Waals surface area contributed by atoms with Crippen molar-refractivity contribution < 1.29 is 9.26 Å². The van der Waals surface area contributed by atoms with Gasteiger partial charge in [0.15, 0.2) is 5.82 Å². The van der Waals surface area contributed by atoms with Gasteiger partial charge < -0.3 is 14.6 Å². The molecule has 2 fully saturated rings. The van der Waals surface area contributed by atoms with Crippen LogP contribution in [0.1, 0.15) is 36.5 Å². The molecule has 0 radical (unpaired) electrons. The summed E-state index contributed by atoms with van der Waals surface area (Å²) in [5.41, 5.74) is 1.88. The highest BCUT2D eigenvalue weighted by Gasteiger charge is 2.56. The van der Waals surface area contributed by atoms with Gasteiger partial charge in [-0.1, -0.05) is 5.16 Å². The zero-order valence-corrected chi connectivity index (χ0v) is 15.6. The maximum Gasteiger partial charge on any atom is 0.240 e. The Kier molecular flexibility index (Phi) is 5.17. The van der Waals surface area contributed by atoms with Crippen molar-refractivity contribution in [3.8, 4) is 0 Å². The van der Waals surface area contributed by atoms with Crippen molar-refractivity contribution in [1.29, 1.82) is 0 Å². The molecule has 1 aliphatic heterocycles. The van der Waals surface area contributed by atoms with E-state index in [1.165, 1.54) is 24.8 Å². The lowest BCUT2D eigenvalue weighted by molar-refractivity contribution is 0.167. The van der Waals surface area contributed by atoms with Gasteiger partial charge in [0.1, 0.15) is 0 Å². The number of thiophene rings is 1. The summed E-state index contributed by atoms with van der Waals surface area (Å²) in [6.45, 7) is 4.60. The largest absolute Gasteiger partial charge is 0.384 e. The summed E-state index contributed by atoms with van der Waals surface area (Å²) in [6.07, 6.45) is 4.55. The Morgan fingerprint density at radius 2 is 2.28 bits per heavy atom. The zero-order chi connectivity index (χ0) is 17.1. The minimum Gasteiger partial charge on any atom is -0.384 e. The fourth-order valence-corrected chi connectivity index (χ4v) is 4.68. The number of piperidine rings is 1. The third-order valence-corrected chi connectivity index (χ3v) is 6.26. The molecule has 1 unspecified atom stereocenters. The van der Waals surface area contributed by atoms with Crippen LogP contribution < -0.4 is 5.32 Å². The maximum atomic E-state index is 5.50. The highest BCUT2D eigenvalue weighted by molar-refractivity contribution is 7.07. The third-order valence-electron chi connectivity index (χ3n) is 5.53. The van der Waals surface area contributed by atoms with Gasteiger partial charge in [-0.3, -0.25) is 4.90 Å². The molecule has 0 bridgehead atoms. The van der Waals surface area contributed by atoms with Crippen molar-refractivity contribution in [3.63, 3.8) is 0 Å². The highest BCUT2D eigenvalue weighted by atomic mass is 32.1. The van der Waals surface area contributed by atoms with Crippen LogP contribution in [-0.4, -0.2) is 47.9 Å². The predicted molar refractivity (Wildman–Crippen MR) is 96.4 cm³/mol. The van der Waals surface area contributed by atoms with Gasteiger partial charge in [0, 0.05) is 26.1 Å². The van der Waals surface area contributed by atoms with E-state index in [0.717, 1.165) is 37.9 Å². The molecule has 1 atom stereocenters. The third kappa shape index (κ3) is 3.95. The molecule has 6 nitrogen and oxygen atoms in total. The first kappa shape index (κ1) is 17.1. The summed E-state index contributed by atoms with van der Waals surface area (Å²) in [4.78, 5) is 7.09. The number of nitrogens with zero attached hydrogens (tertiary/aromatic N) is 3. The Morgan fingerprint density at radius 3 is 3.04 bits per heavy atom. The highest BCUT2D eigenvalue weighted by Crippen LogP contribution is 2.56. The van der Waals surface area contributed by atoms with Crippen molar-refractivity contribution in [3.05, 3.63) is 34.1 Å². The fourth-order valence-electron chi connectivity index (χ4n) is 4.02. The second kappa shape index (κ2) is 7.53. The van der Waals surface area contributed by atoms with Gasteiger partial charge in [0.05, 0.1) is 13.2 Å². The fraction of sp³-hybridized carbons (Fsp3) is 0.667. The molecule has 25 heavy (non-hydrogen) atoms. The van der Waals surface area contributed by atoms with Crippen LogP contribution in [0, 0.1) is 5.41 Å². The van der Waals surface area contributed by atoms with Gasteiger partial charge in [0.2, 0.25) is 5.89 Å². The van der Waals surface area contributed by atoms with Gasteiger partial charge in [-0.05, 0) is 60.2 Å². The van der Waals surface area contributed by atoms with E-state index in [2.05, 4.69) is 37.2 Å². The van der Waals surface area contributed by atoms with Gasteiger partial charge in [-0.2, -0.15) is 16.3 Å². The number of aromatic nitrogens is 2. The Labute approximate surface area is 152 Å². The summed E-state index contributed by atoms with van der Waals surface area (Å²) >= 11 is 1.76. The monoisotopic (exact) mass is 362 g/mol. The average Bonchev–Trinajstić information content (AvgIpc) is 3.00. The van der Waals surface area contributed by atoms with Gasteiger partial charge in [0.25, 0.3) is 0 Å². The molecule has 7 heteroatoms. The number of ether oxygens (including phenoxy) is 1. The number of hydrogen-bond acceptors (Lipinski definition) is 7. The van der Waals surface area contributed by atoms with Crippen molar-refractivity contribution in [1.82, 2.24) is 20.4 Å². The van der Waals surface area contributed by atoms with Crippen LogP contribution in [0.2, 0.25) is 0 Å². The molecule has 2 aromatic heterocycles. The van der Waals surface area contributed by atoms with E-state index in [0.29, 0.717) is 24.5 Å². The van der Waals surface area contributed by atoms with Crippen molar-refractivity contribution in [2.45, 2.75) is 44.8 Å². The molecule has 136 valence electrons. The van der Waals surface area contributed by atoms with Crippen LogP contribution in [0.5, 0.6) is 0 Å². The van der Waals surface area contributed by atoms with Crippen LogP contribution in [0.25, 0.3) is 0 Å². The number of hydrogen-bond donors (Lipinski definition) is 1. The van der Waals surface area contributed by atoms with Crippen molar-refractivity contribution in [2.24, 2.45) is 5.41 Å². The number of rotatable bonds is 8. The van der Waals surface area contributed by atoms with Gasteiger partial charge >= 0.3 is 0 Å². The molecule has 1 N–H and O–H groups in total. The topological polar surface area (TPSA) is 63.4 Å². The van der Waals surface area contributed by atoms with E-state index in [4.69, 9.17) is 9.26 Å². The minimum atomic E-state index is 0.500. The molecule has 1 saturated heterocycles. The normalized spacial score (nSPS) is 21.9. The second-order valence-electron chi connectivity index (χ2n) is 7.22. The number of methoxy groups -OCH3 is 1. The molecule has 0 amide bonds. The SMILES string of the molecule is COCCc1noc(CN(Cc2ccsc2)C2CC23CCNCC3)n1. The van der Waals surface area contributed by atoms with Crippen LogP contribution >= 0.6 is 11.3 Å². The minimum absolute atomic E-state index is 0.500. The van der Waals surface area contributed by atoms with Crippen LogP contribution in [0.4, 0.5) is 0 Å². The maximum absolute atomic E-state index is 5.50. The molecule has 1 aliphatic carbocycles. The Bertz CT molecular complexity index is 666. The second-order valence-corrected chi connectivity index (χ2v) is 8.00. The van der Waals surface area contributed by atoms with E-state index in [1.54, 1.807) is 18.4 Å². The summed E-state index contributed by atoms with van der Waals surface area (Å²) in [5, 5.41) is 12.0. The lowest BCUT2D eigenvalue weighted by Crippen LogP contribution is -2.35. The lowest BCUT2D eigenvalue weighted by atomic mass is 9.93. The van der Waals surface area contributed by atoms with Crippen molar-refractivity contribution in [2.75, 3.05) is 26.8 Å². The Hall–Kier alpha value is -1.28. The average molecular weight is 362 g/mol. The van der Waals surface area contributed by atoms with Crippen LogP contribution in [0.15, 0.2) is 21.3 Å². The van der Waals surface area contributed by atoms with E-state index in [-0.39, 0.29) is 0 Å². The first-order valence-electron chi connectivity index (χ1n) is 9.05. The first-order valence-corrected chi connectivity index (χ1v) is 10.00. The molecule has 0 aromatic carbocycles. The Balaban J connectivity index is 1.45. The lowest BCUT2D eigenvalue weighted by Gasteiger charge is -2.28. The first-order chi connectivity index (χ1) is 12.3. The molecule has 4 rings (SSSR count). The predicted octanol–water partition coefficient (Wildman–Crippen LogP) is 2.46. The molecule has 2 aromatic rings. The molecule has 2 aliphatic rings. The summed E-state index contributed by atoms with van der Waals surface area (Å²) in [6, 6.07) is 2.84. The Morgan fingerprint density at radius 1 is 1.40 bits per heavy atom. The smallest absolute Gasteiger partial charge is 0.240 e. The van der Waals surface area contributed by atoms with E-state index >= 15 is 0 Å². The quantitative estimate of drug-likeness (QED) is 0.778. The summed E-state index contributed by atoms with van der Waals surface area (Å²) in [7, 11) is 1.69. The molecular weight excluding hydrogens is 336 g/mol. The number of nitrogens with one attached hydrogen (secondary N) is 1. The van der Waals surface area contributed by atoms with Gasteiger partial charge in [-0.15, -0.1) is 0 Å².